The van der Waals surface area contributed by atoms with E-state index in [2.05, 4.69) is 29.3 Å². The second-order valence-electron chi connectivity index (χ2n) is 4.93. The Kier molecular flexibility index (Phi) is 4.79. The summed E-state index contributed by atoms with van der Waals surface area (Å²) in [5.74, 6) is 5.62. The SMILES string of the molecule is Cc1cc(C)c(NC(=O)c2csc(C#CCN)c2)c(C)c1. The van der Waals surface area contributed by atoms with Crippen molar-refractivity contribution in [2.24, 2.45) is 5.73 Å². The second kappa shape index (κ2) is 6.57. The smallest absolute Gasteiger partial charge is 0.256 e. The maximum absolute atomic E-state index is 12.3. The first kappa shape index (κ1) is 15.3. The van der Waals surface area contributed by atoms with Crippen LogP contribution in [0, 0.1) is 32.6 Å². The Balaban J connectivity index is 2.20. The molecule has 1 amide bonds. The van der Waals surface area contributed by atoms with E-state index in [0.717, 1.165) is 21.7 Å². The number of nitrogens with two attached hydrogens (primary N) is 1. The fourth-order valence-corrected chi connectivity index (χ4v) is 2.98. The van der Waals surface area contributed by atoms with E-state index in [0.29, 0.717) is 12.1 Å². The number of aryl methyl sites for hydroxylation is 3. The molecule has 0 fully saturated rings. The van der Waals surface area contributed by atoms with Gasteiger partial charge in [0, 0.05) is 11.1 Å². The van der Waals surface area contributed by atoms with Gasteiger partial charge in [-0.3, -0.25) is 4.79 Å². The van der Waals surface area contributed by atoms with E-state index in [1.54, 1.807) is 6.07 Å². The van der Waals surface area contributed by atoms with Crippen LogP contribution in [0.5, 0.6) is 0 Å². The molecule has 0 bridgehead atoms. The van der Waals surface area contributed by atoms with E-state index >= 15 is 0 Å². The predicted octanol–water partition coefficient (Wildman–Crippen LogP) is 3.24. The zero-order chi connectivity index (χ0) is 15.4. The van der Waals surface area contributed by atoms with Crippen molar-refractivity contribution in [2.45, 2.75) is 20.8 Å². The van der Waals surface area contributed by atoms with Gasteiger partial charge in [-0.1, -0.05) is 29.5 Å². The normalized spacial score (nSPS) is 9.90. The molecule has 0 saturated heterocycles. The lowest BCUT2D eigenvalue weighted by Crippen LogP contribution is -2.13. The van der Waals surface area contributed by atoms with Crippen molar-refractivity contribution in [3.05, 3.63) is 50.7 Å². The highest BCUT2D eigenvalue weighted by Gasteiger charge is 2.11. The van der Waals surface area contributed by atoms with E-state index < -0.39 is 0 Å². The molecule has 0 unspecified atom stereocenters. The first-order valence-corrected chi connectivity index (χ1v) is 7.56. The number of benzene rings is 1. The van der Waals surface area contributed by atoms with Gasteiger partial charge in [0.2, 0.25) is 0 Å². The molecular formula is C17H18N2OS. The number of hydrogen-bond acceptors (Lipinski definition) is 3. The minimum absolute atomic E-state index is 0.109. The lowest BCUT2D eigenvalue weighted by atomic mass is 10.0. The largest absolute Gasteiger partial charge is 0.321 e. The van der Waals surface area contributed by atoms with Gasteiger partial charge in [0.1, 0.15) is 0 Å². The number of thiophene rings is 1. The summed E-state index contributed by atoms with van der Waals surface area (Å²) >= 11 is 1.45. The Labute approximate surface area is 129 Å². The Morgan fingerprint density at radius 3 is 2.52 bits per heavy atom. The molecule has 0 atom stereocenters. The van der Waals surface area contributed by atoms with Gasteiger partial charge in [0.05, 0.1) is 17.0 Å². The third-order valence-corrected chi connectivity index (χ3v) is 3.94. The summed E-state index contributed by atoms with van der Waals surface area (Å²) in [5, 5.41) is 4.80. The number of carbonyl (C=O) groups excluding carboxylic acids is 1. The summed E-state index contributed by atoms with van der Waals surface area (Å²) in [6, 6.07) is 5.92. The monoisotopic (exact) mass is 298 g/mol. The van der Waals surface area contributed by atoms with Crippen molar-refractivity contribution >= 4 is 22.9 Å². The summed E-state index contributed by atoms with van der Waals surface area (Å²) < 4.78 is 0. The van der Waals surface area contributed by atoms with Crippen molar-refractivity contribution in [3.63, 3.8) is 0 Å². The summed E-state index contributed by atoms with van der Waals surface area (Å²) in [7, 11) is 0. The van der Waals surface area contributed by atoms with Crippen molar-refractivity contribution in [2.75, 3.05) is 11.9 Å². The molecule has 3 nitrogen and oxygen atoms in total. The molecule has 0 aliphatic carbocycles. The molecule has 3 N–H and O–H groups in total. The zero-order valence-electron chi connectivity index (χ0n) is 12.4. The minimum atomic E-state index is -0.109. The summed E-state index contributed by atoms with van der Waals surface area (Å²) in [4.78, 5) is 13.2. The van der Waals surface area contributed by atoms with Crippen LogP contribution >= 0.6 is 11.3 Å². The lowest BCUT2D eigenvalue weighted by molar-refractivity contribution is 0.102. The van der Waals surface area contributed by atoms with Gasteiger partial charge >= 0.3 is 0 Å². The fourth-order valence-electron chi connectivity index (χ4n) is 2.22. The predicted molar refractivity (Wildman–Crippen MR) is 88.9 cm³/mol. The number of anilines is 1. The molecule has 108 valence electrons. The van der Waals surface area contributed by atoms with Crippen LogP contribution in [0.3, 0.4) is 0 Å². The van der Waals surface area contributed by atoms with Crippen LogP contribution in [-0.4, -0.2) is 12.5 Å². The fraction of sp³-hybridized carbons (Fsp3) is 0.235. The van der Waals surface area contributed by atoms with E-state index in [-0.39, 0.29) is 5.91 Å². The molecule has 0 aliphatic heterocycles. The standard InChI is InChI=1S/C17H18N2OS/c1-11-7-12(2)16(13(3)8-11)19-17(20)14-9-15(21-10-14)5-4-6-18/h7-10H,6,18H2,1-3H3,(H,19,20). The number of carbonyl (C=O) groups is 1. The minimum Gasteiger partial charge on any atom is -0.321 e. The van der Waals surface area contributed by atoms with Gasteiger partial charge in [-0.25, -0.2) is 0 Å². The van der Waals surface area contributed by atoms with Crippen LogP contribution in [0.2, 0.25) is 0 Å². The molecular weight excluding hydrogens is 280 g/mol. The number of hydrogen-bond donors (Lipinski definition) is 2. The number of amides is 1. The van der Waals surface area contributed by atoms with Crippen molar-refractivity contribution < 1.29 is 4.79 Å². The molecule has 0 aliphatic rings. The van der Waals surface area contributed by atoms with E-state index in [1.807, 2.05) is 26.2 Å². The summed E-state index contributed by atoms with van der Waals surface area (Å²) in [6.45, 7) is 6.37. The summed E-state index contributed by atoms with van der Waals surface area (Å²) in [6.07, 6.45) is 0. The molecule has 1 aromatic heterocycles. The average Bonchev–Trinajstić information content (AvgIpc) is 2.89. The van der Waals surface area contributed by atoms with Gasteiger partial charge in [0.15, 0.2) is 0 Å². The quantitative estimate of drug-likeness (QED) is 0.836. The van der Waals surface area contributed by atoms with Crippen LogP contribution in [0.25, 0.3) is 0 Å². The molecule has 0 spiro atoms. The maximum Gasteiger partial charge on any atom is 0.256 e. The molecule has 1 aromatic carbocycles. The highest BCUT2D eigenvalue weighted by molar-refractivity contribution is 7.10. The third kappa shape index (κ3) is 3.72. The molecule has 21 heavy (non-hydrogen) atoms. The average molecular weight is 298 g/mol. The molecule has 4 heteroatoms. The van der Waals surface area contributed by atoms with Crippen LogP contribution in [-0.2, 0) is 0 Å². The topological polar surface area (TPSA) is 55.1 Å². The first-order chi connectivity index (χ1) is 10.0. The van der Waals surface area contributed by atoms with Gasteiger partial charge < -0.3 is 11.1 Å². The zero-order valence-corrected chi connectivity index (χ0v) is 13.2. The van der Waals surface area contributed by atoms with Crippen LogP contribution in [0.4, 0.5) is 5.69 Å². The Morgan fingerprint density at radius 1 is 1.24 bits per heavy atom. The Morgan fingerprint density at radius 2 is 1.90 bits per heavy atom. The second-order valence-corrected chi connectivity index (χ2v) is 5.84. The van der Waals surface area contributed by atoms with Crippen LogP contribution < -0.4 is 11.1 Å². The molecule has 0 saturated carbocycles. The van der Waals surface area contributed by atoms with Crippen LogP contribution in [0.1, 0.15) is 31.9 Å². The Bertz CT molecular complexity index is 712. The molecule has 2 rings (SSSR count). The Hall–Kier alpha value is -2.09. The van der Waals surface area contributed by atoms with Gasteiger partial charge in [-0.05, 0) is 38.0 Å². The van der Waals surface area contributed by atoms with Gasteiger partial charge in [0.25, 0.3) is 5.91 Å². The molecule has 2 aromatic rings. The van der Waals surface area contributed by atoms with E-state index in [9.17, 15) is 4.79 Å². The number of nitrogens with one attached hydrogen (secondary N) is 1. The number of rotatable bonds is 2. The molecule has 0 radical (unpaired) electrons. The van der Waals surface area contributed by atoms with E-state index in [1.165, 1.54) is 16.9 Å². The lowest BCUT2D eigenvalue weighted by Gasteiger charge is -2.12. The highest BCUT2D eigenvalue weighted by Crippen LogP contribution is 2.23. The van der Waals surface area contributed by atoms with Crippen molar-refractivity contribution in [1.29, 1.82) is 0 Å². The molecule has 1 heterocycles. The van der Waals surface area contributed by atoms with E-state index in [4.69, 9.17) is 5.73 Å². The van der Waals surface area contributed by atoms with Gasteiger partial charge in [-0.2, -0.15) is 0 Å². The van der Waals surface area contributed by atoms with Crippen LogP contribution in [0.15, 0.2) is 23.6 Å². The summed E-state index contributed by atoms with van der Waals surface area (Å²) in [5.41, 5.74) is 10.2. The van der Waals surface area contributed by atoms with Gasteiger partial charge in [-0.15, -0.1) is 11.3 Å². The highest BCUT2D eigenvalue weighted by atomic mass is 32.1. The third-order valence-electron chi connectivity index (χ3n) is 3.09. The van der Waals surface area contributed by atoms with Crippen molar-refractivity contribution in [1.82, 2.24) is 0 Å². The maximum atomic E-state index is 12.3. The van der Waals surface area contributed by atoms with Crippen molar-refractivity contribution in [3.8, 4) is 11.8 Å². The first-order valence-electron chi connectivity index (χ1n) is 6.68.